The summed E-state index contributed by atoms with van der Waals surface area (Å²) in [5.74, 6) is -0.0165. The normalized spacial score (nSPS) is 39.9. The maximum absolute atomic E-state index is 11.2. The first kappa shape index (κ1) is 7.10. The van der Waals surface area contributed by atoms with Gasteiger partial charge in [-0.2, -0.15) is 0 Å². The predicted molar refractivity (Wildman–Crippen MR) is 40.1 cm³/mol. The molecule has 0 aromatic rings. The van der Waals surface area contributed by atoms with E-state index in [0.29, 0.717) is 12.6 Å². The molecule has 0 aromatic heterocycles. The molecule has 62 valence electrons. The maximum atomic E-state index is 11.2. The largest absolute Gasteiger partial charge is 0.465 e. The zero-order valence-electron chi connectivity index (χ0n) is 6.75. The number of rotatable bonds is 2. The molecule has 3 heteroatoms. The Hall–Kier alpha value is -0.570. The zero-order valence-corrected chi connectivity index (χ0v) is 6.75. The zero-order chi connectivity index (χ0) is 7.84. The van der Waals surface area contributed by atoms with Crippen LogP contribution in [0.15, 0.2) is 0 Å². The Balaban J connectivity index is 1.85. The summed E-state index contributed by atoms with van der Waals surface area (Å²) in [5, 5.41) is 0. The van der Waals surface area contributed by atoms with Crippen LogP contribution >= 0.6 is 0 Å². The molecule has 2 aliphatic heterocycles. The molecule has 0 radical (unpaired) electrons. The molecule has 0 spiro atoms. The van der Waals surface area contributed by atoms with E-state index in [1.807, 2.05) is 6.92 Å². The van der Waals surface area contributed by atoms with Gasteiger partial charge < -0.3 is 4.74 Å². The molecule has 2 saturated heterocycles. The lowest BCUT2D eigenvalue weighted by atomic mass is 10.2. The van der Waals surface area contributed by atoms with Crippen LogP contribution < -0.4 is 0 Å². The molecule has 11 heavy (non-hydrogen) atoms. The summed E-state index contributed by atoms with van der Waals surface area (Å²) in [6, 6.07) is 0.665. The number of fused-ring (bicyclic) bond motifs is 1. The van der Waals surface area contributed by atoms with Crippen molar-refractivity contribution in [3.05, 3.63) is 0 Å². The van der Waals surface area contributed by atoms with Crippen molar-refractivity contribution < 1.29 is 9.53 Å². The van der Waals surface area contributed by atoms with Crippen molar-refractivity contribution in [3.63, 3.8) is 0 Å². The number of carbonyl (C=O) groups is 1. The van der Waals surface area contributed by atoms with E-state index in [0.717, 1.165) is 6.54 Å². The van der Waals surface area contributed by atoms with Gasteiger partial charge in [0.15, 0.2) is 0 Å². The monoisotopic (exact) mass is 155 g/mol. The van der Waals surface area contributed by atoms with Gasteiger partial charge in [-0.25, -0.2) is 0 Å². The fourth-order valence-electron chi connectivity index (χ4n) is 1.96. The summed E-state index contributed by atoms with van der Waals surface area (Å²) in [6.45, 7) is 3.45. The highest BCUT2D eigenvalue weighted by atomic mass is 16.5. The number of piperidine rings is 1. The van der Waals surface area contributed by atoms with Crippen molar-refractivity contribution in [3.8, 4) is 0 Å². The van der Waals surface area contributed by atoms with E-state index in [9.17, 15) is 4.79 Å². The number of esters is 1. The molecule has 3 nitrogen and oxygen atoms in total. The molecule has 2 aliphatic rings. The number of ether oxygens (including phenoxy) is 1. The average molecular weight is 155 g/mol. The van der Waals surface area contributed by atoms with Gasteiger partial charge in [0.1, 0.15) is 6.04 Å². The van der Waals surface area contributed by atoms with Crippen LogP contribution in [-0.4, -0.2) is 36.1 Å². The average Bonchev–Trinajstić information content (AvgIpc) is 2.47. The minimum Gasteiger partial charge on any atom is -0.465 e. The highest BCUT2D eigenvalue weighted by Gasteiger charge is 2.55. The van der Waals surface area contributed by atoms with Crippen LogP contribution in [0.2, 0.25) is 0 Å². The number of hydrogen-bond acceptors (Lipinski definition) is 3. The Morgan fingerprint density at radius 3 is 3.09 bits per heavy atom. The van der Waals surface area contributed by atoms with Gasteiger partial charge in [-0.15, -0.1) is 0 Å². The Morgan fingerprint density at radius 2 is 2.55 bits per heavy atom. The van der Waals surface area contributed by atoms with Crippen LogP contribution in [0.5, 0.6) is 0 Å². The first-order chi connectivity index (χ1) is 5.34. The minimum atomic E-state index is -0.0165. The highest BCUT2D eigenvalue weighted by Crippen LogP contribution is 2.38. The second-order valence-electron chi connectivity index (χ2n) is 3.14. The van der Waals surface area contributed by atoms with Crippen molar-refractivity contribution in [2.45, 2.75) is 31.8 Å². The summed E-state index contributed by atoms with van der Waals surface area (Å²) in [5.41, 5.74) is 0. The van der Waals surface area contributed by atoms with Crippen molar-refractivity contribution in [1.29, 1.82) is 0 Å². The molecular weight excluding hydrogens is 142 g/mol. The summed E-state index contributed by atoms with van der Waals surface area (Å²) < 4.78 is 4.92. The van der Waals surface area contributed by atoms with E-state index < -0.39 is 0 Å². The second kappa shape index (κ2) is 2.48. The van der Waals surface area contributed by atoms with Gasteiger partial charge in [0.05, 0.1) is 6.61 Å². The Bertz CT molecular complexity index is 171. The van der Waals surface area contributed by atoms with E-state index >= 15 is 0 Å². The Morgan fingerprint density at radius 1 is 1.73 bits per heavy atom. The highest BCUT2D eigenvalue weighted by molar-refractivity contribution is 5.80. The van der Waals surface area contributed by atoms with Crippen LogP contribution in [0.25, 0.3) is 0 Å². The van der Waals surface area contributed by atoms with E-state index in [1.54, 1.807) is 0 Å². The van der Waals surface area contributed by atoms with Gasteiger partial charge in [0.25, 0.3) is 0 Å². The van der Waals surface area contributed by atoms with E-state index in [2.05, 4.69) is 4.90 Å². The lowest BCUT2D eigenvalue weighted by molar-refractivity contribution is -0.143. The number of carbonyl (C=O) groups excluding carboxylic acids is 1. The SMILES string of the molecule is CCOC(=O)C1C2CCCN21. The molecule has 0 saturated carbocycles. The molecule has 2 rings (SSSR count). The van der Waals surface area contributed by atoms with Crippen LogP contribution in [0.3, 0.4) is 0 Å². The van der Waals surface area contributed by atoms with Crippen LogP contribution in [0, 0.1) is 0 Å². The van der Waals surface area contributed by atoms with Crippen molar-refractivity contribution in [2.24, 2.45) is 0 Å². The Kier molecular flexibility index (Phi) is 1.60. The topological polar surface area (TPSA) is 29.3 Å². The molecule has 3 atom stereocenters. The third-order valence-electron chi connectivity index (χ3n) is 2.50. The number of nitrogens with zero attached hydrogens (tertiary/aromatic N) is 1. The molecule has 2 heterocycles. The van der Waals surface area contributed by atoms with Crippen molar-refractivity contribution in [2.75, 3.05) is 13.2 Å². The molecule has 0 bridgehead atoms. The van der Waals surface area contributed by atoms with Gasteiger partial charge in [-0.1, -0.05) is 0 Å². The lowest BCUT2D eigenvalue weighted by Gasteiger charge is -2.01. The fraction of sp³-hybridized carbons (Fsp3) is 0.875. The first-order valence-corrected chi connectivity index (χ1v) is 4.27. The molecule has 3 unspecified atom stereocenters. The quantitative estimate of drug-likeness (QED) is 0.427. The second-order valence-corrected chi connectivity index (χ2v) is 3.14. The Labute approximate surface area is 66.3 Å². The number of hydrogen-bond donors (Lipinski definition) is 0. The summed E-state index contributed by atoms with van der Waals surface area (Å²) in [6.07, 6.45) is 2.43. The van der Waals surface area contributed by atoms with E-state index in [4.69, 9.17) is 4.74 Å². The van der Waals surface area contributed by atoms with Crippen LogP contribution in [0.4, 0.5) is 0 Å². The molecule has 0 N–H and O–H groups in total. The summed E-state index contributed by atoms with van der Waals surface area (Å²) in [4.78, 5) is 13.4. The predicted octanol–water partition coefficient (Wildman–Crippen LogP) is 0.396. The standard InChI is InChI=1S/C8H13NO2/c1-2-11-8(10)7-6-4-3-5-9(6)7/h6-7H,2-5H2,1H3. The molecule has 2 fully saturated rings. The molecular formula is C8H13NO2. The molecule has 0 aliphatic carbocycles. The summed E-state index contributed by atoms with van der Waals surface area (Å²) in [7, 11) is 0. The van der Waals surface area contributed by atoms with Gasteiger partial charge >= 0.3 is 5.97 Å². The minimum absolute atomic E-state index is 0.0165. The lowest BCUT2D eigenvalue weighted by Crippen LogP contribution is -2.18. The van der Waals surface area contributed by atoms with E-state index in [1.165, 1.54) is 12.8 Å². The van der Waals surface area contributed by atoms with Crippen molar-refractivity contribution in [1.82, 2.24) is 4.90 Å². The van der Waals surface area contributed by atoms with Crippen LogP contribution in [-0.2, 0) is 9.53 Å². The van der Waals surface area contributed by atoms with Crippen molar-refractivity contribution >= 4 is 5.97 Å². The van der Waals surface area contributed by atoms with Gasteiger partial charge in [0.2, 0.25) is 0 Å². The van der Waals surface area contributed by atoms with Crippen LogP contribution in [0.1, 0.15) is 19.8 Å². The van der Waals surface area contributed by atoms with Gasteiger partial charge in [0, 0.05) is 6.04 Å². The first-order valence-electron chi connectivity index (χ1n) is 4.27. The van der Waals surface area contributed by atoms with Gasteiger partial charge in [-0.3, -0.25) is 9.69 Å². The molecule has 0 amide bonds. The maximum Gasteiger partial charge on any atom is 0.324 e. The van der Waals surface area contributed by atoms with Gasteiger partial charge in [-0.05, 0) is 26.3 Å². The third-order valence-corrected chi connectivity index (χ3v) is 2.50. The van der Waals surface area contributed by atoms with E-state index in [-0.39, 0.29) is 12.0 Å². The summed E-state index contributed by atoms with van der Waals surface area (Å²) >= 11 is 0. The smallest absolute Gasteiger partial charge is 0.324 e. The third kappa shape index (κ3) is 1.03. The molecule has 0 aromatic carbocycles. The fourth-order valence-corrected chi connectivity index (χ4v) is 1.96.